The van der Waals surface area contributed by atoms with Crippen molar-refractivity contribution < 1.29 is 22.7 Å². The molecule has 0 aliphatic heterocycles. The number of rotatable bonds is 2. The molecule has 0 spiro atoms. The summed E-state index contributed by atoms with van der Waals surface area (Å²) in [6, 6.07) is 0.722. The van der Waals surface area contributed by atoms with Gasteiger partial charge in [0, 0.05) is 6.07 Å². The van der Waals surface area contributed by atoms with Crippen molar-refractivity contribution in [2.75, 3.05) is 0 Å². The van der Waals surface area contributed by atoms with Gasteiger partial charge in [0.1, 0.15) is 11.4 Å². The van der Waals surface area contributed by atoms with E-state index in [4.69, 9.17) is 11.6 Å². The van der Waals surface area contributed by atoms with Crippen molar-refractivity contribution in [3.63, 3.8) is 0 Å². The topological polar surface area (TPSA) is 59.2 Å². The Morgan fingerprint density at radius 3 is 2.50 bits per heavy atom. The van der Waals surface area contributed by atoms with Gasteiger partial charge in [-0.25, -0.2) is 0 Å². The Morgan fingerprint density at radius 1 is 1.50 bits per heavy atom. The van der Waals surface area contributed by atoms with Gasteiger partial charge >= 0.3 is 6.36 Å². The van der Waals surface area contributed by atoms with E-state index in [0.717, 1.165) is 13.0 Å². The number of halogens is 4. The first-order valence-electron chi connectivity index (χ1n) is 3.90. The second kappa shape index (κ2) is 4.17. The number of carbonyl (C=O) groups is 1. The number of ether oxygens (including phenoxy) is 1. The largest absolute Gasteiger partial charge is 0.573 e. The molecule has 0 amide bonds. The zero-order chi connectivity index (χ0) is 12.5. The molecular weight excluding hydrogens is 251 g/mol. The molecule has 0 radical (unpaired) electrons. The van der Waals surface area contributed by atoms with E-state index in [-0.39, 0.29) is 5.56 Å². The lowest BCUT2D eigenvalue weighted by Crippen LogP contribution is -2.22. The van der Waals surface area contributed by atoms with E-state index in [1.54, 1.807) is 0 Å². The normalized spacial score (nSPS) is 11.3. The third-order valence-corrected chi connectivity index (χ3v) is 1.87. The Kier molecular flexibility index (Phi) is 3.27. The first-order valence-corrected chi connectivity index (χ1v) is 4.28. The molecule has 1 aromatic rings. The molecule has 0 saturated heterocycles. The predicted molar refractivity (Wildman–Crippen MR) is 48.7 cm³/mol. The van der Waals surface area contributed by atoms with Gasteiger partial charge in [0.15, 0.2) is 0 Å². The highest BCUT2D eigenvalue weighted by Gasteiger charge is 2.32. The van der Waals surface area contributed by atoms with E-state index in [1.165, 1.54) is 0 Å². The van der Waals surface area contributed by atoms with Crippen molar-refractivity contribution in [3.05, 3.63) is 27.7 Å². The SMILES string of the molecule is Cc1c(OC(F)(F)F)cc(C(=O)Cl)[nH]c1=O. The highest BCUT2D eigenvalue weighted by molar-refractivity contribution is 6.67. The van der Waals surface area contributed by atoms with Crippen molar-refractivity contribution in [3.8, 4) is 5.75 Å². The highest BCUT2D eigenvalue weighted by atomic mass is 35.5. The summed E-state index contributed by atoms with van der Waals surface area (Å²) in [6.07, 6.45) is -4.94. The third-order valence-electron chi connectivity index (χ3n) is 1.67. The number of pyridine rings is 1. The average molecular weight is 256 g/mol. The van der Waals surface area contributed by atoms with Crippen LogP contribution < -0.4 is 10.3 Å². The van der Waals surface area contributed by atoms with Crippen LogP contribution in [0.2, 0.25) is 0 Å². The Bertz CT molecular complexity index is 480. The zero-order valence-electron chi connectivity index (χ0n) is 7.81. The Balaban J connectivity index is 3.28. The molecular formula is C8H5ClF3NO3. The van der Waals surface area contributed by atoms with Crippen molar-refractivity contribution in [2.45, 2.75) is 13.3 Å². The van der Waals surface area contributed by atoms with Crippen molar-refractivity contribution >= 4 is 16.8 Å². The van der Waals surface area contributed by atoms with Crippen LogP contribution in [-0.2, 0) is 0 Å². The van der Waals surface area contributed by atoms with Gasteiger partial charge in [-0.2, -0.15) is 0 Å². The Hall–Kier alpha value is -1.50. The number of alkyl halides is 3. The molecule has 0 aliphatic rings. The summed E-state index contributed by atoms with van der Waals surface area (Å²) in [5, 5.41) is -1.08. The number of carbonyl (C=O) groups excluding carboxylic acids is 1. The van der Waals surface area contributed by atoms with Gasteiger partial charge in [-0.3, -0.25) is 9.59 Å². The van der Waals surface area contributed by atoms with Crippen LogP contribution in [0.15, 0.2) is 10.9 Å². The summed E-state index contributed by atoms with van der Waals surface area (Å²) in [7, 11) is 0. The molecule has 8 heteroatoms. The zero-order valence-corrected chi connectivity index (χ0v) is 8.57. The Morgan fingerprint density at radius 2 is 2.06 bits per heavy atom. The first kappa shape index (κ1) is 12.6. The molecule has 1 rings (SSSR count). The van der Waals surface area contributed by atoms with Crippen molar-refractivity contribution in [1.82, 2.24) is 4.98 Å². The van der Waals surface area contributed by atoms with Crippen LogP contribution in [0.3, 0.4) is 0 Å². The molecule has 0 saturated carbocycles. The van der Waals surface area contributed by atoms with Crippen LogP contribution in [0.25, 0.3) is 0 Å². The lowest BCUT2D eigenvalue weighted by Gasteiger charge is -2.11. The van der Waals surface area contributed by atoms with E-state index in [9.17, 15) is 22.8 Å². The summed E-state index contributed by atoms with van der Waals surface area (Å²) in [6.45, 7) is 1.13. The van der Waals surface area contributed by atoms with Crippen molar-refractivity contribution in [2.24, 2.45) is 0 Å². The van der Waals surface area contributed by atoms with Crippen LogP contribution in [-0.4, -0.2) is 16.6 Å². The van der Waals surface area contributed by atoms with E-state index >= 15 is 0 Å². The summed E-state index contributed by atoms with van der Waals surface area (Å²) >= 11 is 5.02. The molecule has 0 aromatic carbocycles. The van der Waals surface area contributed by atoms with Gasteiger partial charge in [-0.15, -0.1) is 13.2 Å². The van der Waals surface area contributed by atoms with E-state index in [1.807, 2.05) is 4.98 Å². The van der Waals surface area contributed by atoms with Crippen LogP contribution in [0.4, 0.5) is 13.2 Å². The van der Waals surface area contributed by atoms with Crippen LogP contribution >= 0.6 is 11.6 Å². The minimum atomic E-state index is -4.94. The maximum Gasteiger partial charge on any atom is 0.573 e. The molecule has 0 atom stereocenters. The second-order valence-corrected chi connectivity index (χ2v) is 3.17. The second-order valence-electron chi connectivity index (χ2n) is 2.82. The molecule has 16 heavy (non-hydrogen) atoms. The lowest BCUT2D eigenvalue weighted by atomic mass is 10.2. The molecule has 1 heterocycles. The fraction of sp³-hybridized carbons (Fsp3) is 0.250. The predicted octanol–water partition coefficient (Wildman–Crippen LogP) is 1.96. The van der Waals surface area contributed by atoms with Gasteiger partial charge in [0.05, 0.1) is 5.56 Å². The molecule has 88 valence electrons. The molecule has 1 N–H and O–H groups in total. The van der Waals surface area contributed by atoms with Gasteiger partial charge < -0.3 is 9.72 Å². The number of aromatic amines is 1. The molecule has 0 aliphatic carbocycles. The lowest BCUT2D eigenvalue weighted by molar-refractivity contribution is -0.274. The summed E-state index contributed by atoms with van der Waals surface area (Å²) in [5.74, 6) is -0.750. The standard InChI is InChI=1S/C8H5ClF3NO3/c1-3-5(16-8(10,11)12)2-4(6(9)14)13-7(3)15/h2H,1H3,(H,13,15). The number of nitrogens with one attached hydrogen (secondary N) is 1. The number of hydrogen-bond acceptors (Lipinski definition) is 3. The van der Waals surface area contributed by atoms with Gasteiger partial charge in [-0.05, 0) is 18.5 Å². The van der Waals surface area contributed by atoms with Gasteiger partial charge in [0.25, 0.3) is 10.8 Å². The molecule has 0 bridgehead atoms. The molecule has 0 fully saturated rings. The summed E-state index contributed by atoms with van der Waals surface area (Å²) in [4.78, 5) is 23.8. The molecule has 4 nitrogen and oxygen atoms in total. The first-order chi connectivity index (χ1) is 7.20. The van der Waals surface area contributed by atoms with Crippen LogP contribution in [0.1, 0.15) is 16.1 Å². The quantitative estimate of drug-likeness (QED) is 0.822. The maximum absolute atomic E-state index is 11.9. The van der Waals surface area contributed by atoms with Crippen LogP contribution in [0, 0.1) is 6.92 Å². The molecule has 0 unspecified atom stereocenters. The van der Waals surface area contributed by atoms with Gasteiger partial charge in [-0.1, -0.05) is 0 Å². The minimum Gasteiger partial charge on any atom is -0.405 e. The van der Waals surface area contributed by atoms with Crippen LogP contribution in [0.5, 0.6) is 5.75 Å². The summed E-state index contributed by atoms with van der Waals surface area (Å²) < 4.78 is 39.4. The molecule has 1 aromatic heterocycles. The monoisotopic (exact) mass is 255 g/mol. The average Bonchev–Trinajstić information content (AvgIpc) is 2.10. The third kappa shape index (κ3) is 2.99. The highest BCUT2D eigenvalue weighted by Crippen LogP contribution is 2.24. The fourth-order valence-electron chi connectivity index (χ4n) is 0.940. The number of H-pyrrole nitrogens is 1. The van der Waals surface area contributed by atoms with Crippen molar-refractivity contribution in [1.29, 1.82) is 0 Å². The maximum atomic E-state index is 11.9. The van der Waals surface area contributed by atoms with E-state index in [0.29, 0.717) is 0 Å². The smallest absolute Gasteiger partial charge is 0.405 e. The van der Waals surface area contributed by atoms with E-state index < -0.39 is 28.6 Å². The summed E-state index contributed by atoms with van der Waals surface area (Å²) in [5.41, 5.74) is -1.62. The number of hydrogen-bond donors (Lipinski definition) is 1. The minimum absolute atomic E-state index is 0.293. The fourth-order valence-corrected chi connectivity index (χ4v) is 1.04. The number of aromatic nitrogens is 1. The Labute approximate surface area is 92.0 Å². The van der Waals surface area contributed by atoms with Gasteiger partial charge in [0.2, 0.25) is 0 Å². The van der Waals surface area contributed by atoms with E-state index in [2.05, 4.69) is 4.74 Å².